The van der Waals surface area contributed by atoms with Gasteiger partial charge in [-0.1, -0.05) is 23.8 Å². The molecular formula is C12H14O2S. The number of carbonyl (C=O) groups excluding carboxylic acids is 1. The molecule has 0 aliphatic carbocycles. The van der Waals surface area contributed by atoms with Crippen molar-refractivity contribution in [2.24, 2.45) is 0 Å². The van der Waals surface area contributed by atoms with E-state index in [9.17, 15) is 9.00 Å². The summed E-state index contributed by atoms with van der Waals surface area (Å²) in [5.74, 6) is 0.396. The van der Waals surface area contributed by atoms with Gasteiger partial charge < -0.3 is 0 Å². The molecule has 0 aromatic heterocycles. The Balaban J connectivity index is 2.69. The minimum Gasteiger partial charge on any atom is -0.298 e. The average molecular weight is 222 g/mol. The molecule has 0 aliphatic heterocycles. The zero-order chi connectivity index (χ0) is 11.3. The Labute approximate surface area is 92.5 Å². The summed E-state index contributed by atoms with van der Waals surface area (Å²) < 4.78 is 11.7. The van der Waals surface area contributed by atoms with Gasteiger partial charge in [-0.15, -0.1) is 0 Å². The van der Waals surface area contributed by atoms with E-state index >= 15 is 0 Å². The highest BCUT2D eigenvalue weighted by molar-refractivity contribution is 7.85. The van der Waals surface area contributed by atoms with Crippen LogP contribution in [0.3, 0.4) is 0 Å². The molecule has 1 aromatic carbocycles. The SMILES string of the molecule is C/C(C=O)=C\C[S@@](=O)c1ccc(C)cc1. The summed E-state index contributed by atoms with van der Waals surface area (Å²) in [6.07, 6.45) is 2.47. The van der Waals surface area contributed by atoms with Crippen LogP contribution >= 0.6 is 0 Å². The first kappa shape index (κ1) is 11.9. The fourth-order valence-electron chi connectivity index (χ4n) is 1.04. The van der Waals surface area contributed by atoms with Crippen LogP contribution in [0.1, 0.15) is 12.5 Å². The Kier molecular flexibility index (Phi) is 4.43. The van der Waals surface area contributed by atoms with Crippen molar-refractivity contribution in [3.63, 3.8) is 0 Å². The normalized spacial score (nSPS) is 13.6. The van der Waals surface area contributed by atoms with E-state index in [2.05, 4.69) is 0 Å². The van der Waals surface area contributed by atoms with Gasteiger partial charge >= 0.3 is 0 Å². The Bertz CT molecular complexity index is 391. The van der Waals surface area contributed by atoms with Crippen LogP contribution in [0.4, 0.5) is 0 Å². The molecule has 15 heavy (non-hydrogen) atoms. The molecule has 2 nitrogen and oxygen atoms in total. The lowest BCUT2D eigenvalue weighted by atomic mass is 10.2. The number of benzene rings is 1. The number of hydrogen-bond acceptors (Lipinski definition) is 2. The van der Waals surface area contributed by atoms with Gasteiger partial charge in [-0.3, -0.25) is 9.00 Å². The van der Waals surface area contributed by atoms with Crippen molar-refractivity contribution in [3.05, 3.63) is 41.5 Å². The molecule has 0 spiro atoms. The Morgan fingerprint density at radius 1 is 1.33 bits per heavy atom. The van der Waals surface area contributed by atoms with Crippen LogP contribution in [-0.2, 0) is 15.6 Å². The molecule has 0 bridgehead atoms. The monoisotopic (exact) mass is 222 g/mol. The minimum atomic E-state index is -1.05. The third-order valence-electron chi connectivity index (χ3n) is 2.03. The lowest BCUT2D eigenvalue weighted by Gasteiger charge is -1.99. The van der Waals surface area contributed by atoms with Gasteiger partial charge in [0.05, 0.1) is 10.8 Å². The van der Waals surface area contributed by atoms with Crippen LogP contribution in [0.2, 0.25) is 0 Å². The molecule has 1 rings (SSSR count). The summed E-state index contributed by atoms with van der Waals surface area (Å²) in [4.78, 5) is 11.1. The zero-order valence-corrected chi connectivity index (χ0v) is 9.71. The molecular weight excluding hydrogens is 208 g/mol. The van der Waals surface area contributed by atoms with Crippen LogP contribution in [0.15, 0.2) is 40.8 Å². The number of rotatable bonds is 4. The van der Waals surface area contributed by atoms with Crippen molar-refractivity contribution in [3.8, 4) is 0 Å². The molecule has 1 atom stereocenters. The summed E-state index contributed by atoms with van der Waals surface area (Å²) in [5.41, 5.74) is 1.77. The molecule has 0 amide bonds. The molecule has 3 heteroatoms. The average Bonchev–Trinajstić information content (AvgIpc) is 2.26. The molecule has 0 saturated carbocycles. The van der Waals surface area contributed by atoms with E-state index in [1.807, 2.05) is 31.2 Å². The Morgan fingerprint density at radius 2 is 1.93 bits per heavy atom. The van der Waals surface area contributed by atoms with Crippen molar-refractivity contribution in [2.75, 3.05) is 5.75 Å². The van der Waals surface area contributed by atoms with Gasteiger partial charge in [-0.25, -0.2) is 0 Å². The van der Waals surface area contributed by atoms with Gasteiger partial charge in [0.1, 0.15) is 6.29 Å². The zero-order valence-electron chi connectivity index (χ0n) is 8.90. The number of aryl methyl sites for hydroxylation is 1. The molecule has 0 radical (unpaired) electrons. The van der Waals surface area contributed by atoms with Gasteiger partial charge in [0.15, 0.2) is 0 Å². The summed E-state index contributed by atoms with van der Waals surface area (Å²) in [5, 5.41) is 0. The van der Waals surface area contributed by atoms with Crippen molar-refractivity contribution in [2.45, 2.75) is 18.7 Å². The Morgan fingerprint density at radius 3 is 2.47 bits per heavy atom. The highest BCUT2D eigenvalue weighted by Crippen LogP contribution is 2.08. The van der Waals surface area contributed by atoms with E-state index in [4.69, 9.17) is 0 Å². The van der Waals surface area contributed by atoms with E-state index in [0.29, 0.717) is 11.3 Å². The number of allylic oxidation sites excluding steroid dienone is 1. The van der Waals surface area contributed by atoms with Gasteiger partial charge in [0.2, 0.25) is 0 Å². The topological polar surface area (TPSA) is 34.1 Å². The second-order valence-corrected chi connectivity index (χ2v) is 4.89. The van der Waals surface area contributed by atoms with Crippen LogP contribution in [0.5, 0.6) is 0 Å². The maximum atomic E-state index is 11.7. The number of hydrogen-bond donors (Lipinski definition) is 0. The van der Waals surface area contributed by atoms with Crippen molar-refractivity contribution in [1.29, 1.82) is 0 Å². The van der Waals surface area contributed by atoms with E-state index in [0.717, 1.165) is 16.7 Å². The lowest BCUT2D eigenvalue weighted by Crippen LogP contribution is -1.96. The largest absolute Gasteiger partial charge is 0.298 e. The first-order valence-electron chi connectivity index (χ1n) is 4.70. The predicted molar refractivity (Wildman–Crippen MR) is 62.3 cm³/mol. The molecule has 1 aromatic rings. The van der Waals surface area contributed by atoms with E-state index in [1.165, 1.54) is 0 Å². The third kappa shape index (κ3) is 3.80. The highest BCUT2D eigenvalue weighted by atomic mass is 32.2. The Hall–Kier alpha value is -1.22. The van der Waals surface area contributed by atoms with E-state index < -0.39 is 10.8 Å². The fraction of sp³-hybridized carbons (Fsp3) is 0.250. The van der Waals surface area contributed by atoms with Crippen LogP contribution < -0.4 is 0 Å². The number of aldehydes is 1. The summed E-state index contributed by atoms with van der Waals surface area (Å²) in [7, 11) is -1.05. The smallest absolute Gasteiger partial charge is 0.145 e. The standard InChI is InChI=1S/C12H14O2S/c1-10-3-5-12(6-4-10)15(14)8-7-11(2)9-13/h3-7,9H,8H2,1-2H3/b11-7+/t15-/m1/s1. The molecule has 0 fully saturated rings. The van der Waals surface area contributed by atoms with Crippen molar-refractivity contribution in [1.82, 2.24) is 0 Å². The molecule has 0 unspecified atom stereocenters. The predicted octanol–water partition coefficient (Wildman–Crippen LogP) is 2.25. The quantitative estimate of drug-likeness (QED) is 0.578. The third-order valence-corrected chi connectivity index (χ3v) is 3.29. The molecule has 0 N–H and O–H groups in total. The van der Waals surface area contributed by atoms with Crippen molar-refractivity contribution < 1.29 is 9.00 Å². The van der Waals surface area contributed by atoms with Gasteiger partial charge in [0, 0.05) is 10.6 Å². The second kappa shape index (κ2) is 5.61. The maximum absolute atomic E-state index is 11.7. The second-order valence-electron chi connectivity index (χ2n) is 3.39. The molecule has 80 valence electrons. The summed E-state index contributed by atoms with van der Waals surface area (Å²) in [6, 6.07) is 7.58. The van der Waals surface area contributed by atoms with Crippen LogP contribution in [0.25, 0.3) is 0 Å². The maximum Gasteiger partial charge on any atom is 0.145 e. The highest BCUT2D eigenvalue weighted by Gasteiger charge is 2.01. The molecule has 0 saturated heterocycles. The van der Waals surface area contributed by atoms with Gasteiger partial charge in [-0.2, -0.15) is 0 Å². The lowest BCUT2D eigenvalue weighted by molar-refractivity contribution is -0.104. The van der Waals surface area contributed by atoms with Gasteiger partial charge in [-0.05, 0) is 31.6 Å². The molecule has 0 heterocycles. The van der Waals surface area contributed by atoms with E-state index in [1.54, 1.807) is 13.0 Å². The van der Waals surface area contributed by atoms with Crippen LogP contribution in [0, 0.1) is 6.92 Å². The minimum absolute atomic E-state index is 0.396. The number of carbonyl (C=O) groups is 1. The fourth-order valence-corrected chi connectivity index (χ4v) is 2.09. The van der Waals surface area contributed by atoms with Crippen LogP contribution in [-0.4, -0.2) is 16.2 Å². The van der Waals surface area contributed by atoms with E-state index in [-0.39, 0.29) is 0 Å². The van der Waals surface area contributed by atoms with Gasteiger partial charge in [0.25, 0.3) is 0 Å². The molecule has 0 aliphatic rings. The first-order valence-corrected chi connectivity index (χ1v) is 6.02. The van der Waals surface area contributed by atoms with Crippen molar-refractivity contribution >= 4 is 17.1 Å². The summed E-state index contributed by atoms with van der Waals surface area (Å²) in [6.45, 7) is 3.70. The summed E-state index contributed by atoms with van der Waals surface area (Å²) >= 11 is 0. The first-order chi connectivity index (χ1) is 7.13.